The van der Waals surface area contributed by atoms with Crippen molar-refractivity contribution in [3.8, 4) is 0 Å². The monoisotopic (exact) mass is 341 g/mol. The first-order valence-corrected chi connectivity index (χ1v) is 9.01. The van der Waals surface area contributed by atoms with Crippen molar-refractivity contribution in [2.45, 2.75) is 13.0 Å². The van der Waals surface area contributed by atoms with Crippen molar-refractivity contribution in [2.24, 2.45) is 0 Å². The highest BCUT2D eigenvalue weighted by Crippen LogP contribution is 2.21. The first-order chi connectivity index (χ1) is 11.8. The second-order valence-electron chi connectivity index (χ2n) is 5.85. The Hall–Kier alpha value is -2.18. The van der Waals surface area contributed by atoms with Gasteiger partial charge in [0.05, 0.1) is 24.2 Å². The highest BCUT2D eigenvalue weighted by atomic mass is 32.1. The first kappa shape index (κ1) is 15.4. The average molecular weight is 341 g/mol. The Morgan fingerprint density at radius 2 is 2.00 bits per heavy atom. The number of thiophene rings is 1. The number of hydrogen-bond acceptors (Lipinski definition) is 4. The molecule has 0 N–H and O–H groups in total. The van der Waals surface area contributed by atoms with Gasteiger partial charge in [0.15, 0.2) is 0 Å². The molecule has 0 saturated carbocycles. The van der Waals surface area contributed by atoms with Crippen LogP contribution >= 0.6 is 11.3 Å². The van der Waals surface area contributed by atoms with Crippen LogP contribution in [0.1, 0.15) is 10.7 Å². The molecule has 2 aromatic heterocycles. The molecule has 0 aliphatic carbocycles. The second kappa shape index (κ2) is 6.75. The molecule has 1 aliphatic heterocycles. The Labute approximate surface area is 144 Å². The van der Waals surface area contributed by atoms with Gasteiger partial charge in [0.25, 0.3) is 0 Å². The van der Waals surface area contributed by atoms with Crippen LogP contribution in [-0.4, -0.2) is 46.7 Å². The number of benzene rings is 1. The SMILES string of the molecule is O=C(Cn1c(Cc2cccs2)nc2ccccc21)N1CCOCC1. The lowest BCUT2D eigenvalue weighted by Crippen LogP contribution is -2.42. The molecule has 1 aromatic carbocycles. The summed E-state index contributed by atoms with van der Waals surface area (Å²) >= 11 is 1.72. The van der Waals surface area contributed by atoms with E-state index in [9.17, 15) is 4.79 Å². The Morgan fingerprint density at radius 3 is 2.79 bits per heavy atom. The van der Waals surface area contributed by atoms with Gasteiger partial charge in [-0.2, -0.15) is 0 Å². The molecule has 5 nitrogen and oxygen atoms in total. The maximum atomic E-state index is 12.7. The molecule has 0 bridgehead atoms. The van der Waals surface area contributed by atoms with Crippen molar-refractivity contribution in [2.75, 3.05) is 26.3 Å². The van der Waals surface area contributed by atoms with Gasteiger partial charge in [0.1, 0.15) is 12.4 Å². The molecular formula is C18H19N3O2S. The van der Waals surface area contributed by atoms with Crippen molar-refractivity contribution < 1.29 is 9.53 Å². The molecule has 1 fully saturated rings. The first-order valence-electron chi connectivity index (χ1n) is 8.13. The number of fused-ring (bicyclic) bond motifs is 1. The predicted octanol–water partition coefficient (Wildman–Crippen LogP) is 2.55. The summed E-state index contributed by atoms with van der Waals surface area (Å²) in [6.07, 6.45) is 0.753. The highest BCUT2D eigenvalue weighted by molar-refractivity contribution is 7.09. The molecule has 3 aromatic rings. The number of amides is 1. The van der Waals surface area contributed by atoms with Gasteiger partial charge < -0.3 is 14.2 Å². The third kappa shape index (κ3) is 3.07. The van der Waals surface area contributed by atoms with Crippen molar-refractivity contribution in [3.63, 3.8) is 0 Å². The van der Waals surface area contributed by atoms with Gasteiger partial charge in [-0.1, -0.05) is 18.2 Å². The van der Waals surface area contributed by atoms with Crippen LogP contribution in [0.5, 0.6) is 0 Å². The molecule has 24 heavy (non-hydrogen) atoms. The van der Waals surface area contributed by atoms with E-state index in [0.29, 0.717) is 32.8 Å². The van der Waals surface area contributed by atoms with E-state index in [1.54, 1.807) is 11.3 Å². The van der Waals surface area contributed by atoms with Crippen LogP contribution in [0.4, 0.5) is 0 Å². The van der Waals surface area contributed by atoms with E-state index in [-0.39, 0.29) is 5.91 Å². The Kier molecular flexibility index (Phi) is 4.32. The fourth-order valence-corrected chi connectivity index (χ4v) is 3.76. The summed E-state index contributed by atoms with van der Waals surface area (Å²) in [4.78, 5) is 20.6. The highest BCUT2D eigenvalue weighted by Gasteiger charge is 2.20. The fourth-order valence-electron chi connectivity index (χ4n) is 3.05. The summed E-state index contributed by atoms with van der Waals surface area (Å²) < 4.78 is 7.40. The van der Waals surface area contributed by atoms with Crippen LogP contribution in [0.3, 0.4) is 0 Å². The number of morpholine rings is 1. The minimum atomic E-state index is 0.133. The summed E-state index contributed by atoms with van der Waals surface area (Å²) in [5.41, 5.74) is 1.96. The summed E-state index contributed by atoms with van der Waals surface area (Å²) in [5.74, 6) is 1.08. The van der Waals surface area contributed by atoms with Crippen molar-refractivity contribution in [1.82, 2.24) is 14.5 Å². The van der Waals surface area contributed by atoms with Crippen molar-refractivity contribution in [1.29, 1.82) is 0 Å². The van der Waals surface area contributed by atoms with Crippen LogP contribution in [-0.2, 0) is 22.5 Å². The zero-order valence-electron chi connectivity index (χ0n) is 13.4. The van der Waals surface area contributed by atoms with Gasteiger partial charge in [-0.25, -0.2) is 4.98 Å². The smallest absolute Gasteiger partial charge is 0.242 e. The molecule has 1 aliphatic rings. The van der Waals surface area contributed by atoms with E-state index >= 15 is 0 Å². The zero-order chi connectivity index (χ0) is 16.4. The Morgan fingerprint density at radius 1 is 1.17 bits per heavy atom. The summed E-state index contributed by atoms with van der Waals surface area (Å²) in [5, 5.41) is 2.07. The Bertz CT molecular complexity index is 835. The number of rotatable bonds is 4. The van der Waals surface area contributed by atoms with Gasteiger partial charge in [0, 0.05) is 24.4 Å². The number of para-hydroxylation sites is 2. The van der Waals surface area contributed by atoms with E-state index < -0.39 is 0 Å². The zero-order valence-corrected chi connectivity index (χ0v) is 14.2. The number of hydrogen-bond donors (Lipinski definition) is 0. The summed E-state index contributed by atoms with van der Waals surface area (Å²) in [7, 11) is 0. The molecule has 6 heteroatoms. The van der Waals surface area contributed by atoms with Crippen LogP contribution in [0, 0.1) is 0 Å². The number of imidazole rings is 1. The van der Waals surface area contributed by atoms with Crippen molar-refractivity contribution in [3.05, 3.63) is 52.5 Å². The van der Waals surface area contributed by atoms with Crippen LogP contribution < -0.4 is 0 Å². The topological polar surface area (TPSA) is 47.4 Å². The third-order valence-electron chi connectivity index (χ3n) is 4.30. The van der Waals surface area contributed by atoms with Gasteiger partial charge in [0.2, 0.25) is 5.91 Å². The maximum Gasteiger partial charge on any atom is 0.242 e. The quantitative estimate of drug-likeness (QED) is 0.733. The minimum Gasteiger partial charge on any atom is -0.378 e. The molecule has 3 heterocycles. The number of nitrogens with zero attached hydrogens (tertiary/aromatic N) is 3. The maximum absolute atomic E-state index is 12.7. The average Bonchev–Trinajstić information content (AvgIpc) is 3.25. The second-order valence-corrected chi connectivity index (χ2v) is 6.88. The van der Waals surface area contributed by atoms with Gasteiger partial charge in [-0.15, -0.1) is 11.3 Å². The molecule has 124 valence electrons. The van der Waals surface area contributed by atoms with Gasteiger partial charge in [-0.05, 0) is 23.6 Å². The van der Waals surface area contributed by atoms with E-state index in [2.05, 4.69) is 16.0 Å². The van der Waals surface area contributed by atoms with E-state index in [4.69, 9.17) is 9.72 Å². The van der Waals surface area contributed by atoms with E-state index in [1.807, 2.05) is 35.2 Å². The predicted molar refractivity (Wildman–Crippen MR) is 94.3 cm³/mol. The van der Waals surface area contributed by atoms with Gasteiger partial charge >= 0.3 is 0 Å². The molecule has 0 radical (unpaired) electrons. The fraction of sp³-hybridized carbons (Fsp3) is 0.333. The van der Waals surface area contributed by atoms with Gasteiger partial charge in [-0.3, -0.25) is 4.79 Å². The number of ether oxygens (including phenoxy) is 1. The lowest BCUT2D eigenvalue weighted by molar-refractivity contribution is -0.135. The molecule has 0 spiro atoms. The molecule has 0 unspecified atom stereocenters. The van der Waals surface area contributed by atoms with E-state index in [0.717, 1.165) is 23.3 Å². The summed E-state index contributed by atoms with van der Waals surface area (Å²) in [6, 6.07) is 12.2. The van der Waals surface area contributed by atoms with Crippen molar-refractivity contribution >= 4 is 28.3 Å². The molecule has 1 saturated heterocycles. The molecule has 1 amide bonds. The van der Waals surface area contributed by atoms with Crippen LogP contribution in [0.2, 0.25) is 0 Å². The third-order valence-corrected chi connectivity index (χ3v) is 5.18. The van der Waals surface area contributed by atoms with Crippen LogP contribution in [0.15, 0.2) is 41.8 Å². The molecule has 4 rings (SSSR count). The molecule has 0 atom stereocenters. The largest absolute Gasteiger partial charge is 0.378 e. The number of carbonyl (C=O) groups excluding carboxylic acids is 1. The Balaban J connectivity index is 1.65. The molecular weight excluding hydrogens is 322 g/mol. The number of aromatic nitrogens is 2. The summed E-state index contributed by atoms with van der Waals surface area (Å²) in [6.45, 7) is 2.93. The minimum absolute atomic E-state index is 0.133. The lowest BCUT2D eigenvalue weighted by Gasteiger charge is -2.27. The van der Waals surface area contributed by atoms with E-state index in [1.165, 1.54) is 4.88 Å². The normalized spacial score (nSPS) is 15.1. The standard InChI is InChI=1S/C18H19N3O2S/c22-18(20-7-9-23-10-8-20)13-21-16-6-2-1-5-15(16)19-17(21)12-14-4-3-11-24-14/h1-6,11H,7-10,12-13H2. The lowest BCUT2D eigenvalue weighted by atomic mass is 10.3. The number of carbonyl (C=O) groups is 1. The van der Waals surface area contributed by atoms with Crippen LogP contribution in [0.25, 0.3) is 11.0 Å².